The molecular formula is C18H21F3N4. The lowest BCUT2D eigenvalue weighted by molar-refractivity contribution is -0.136. The van der Waals surface area contributed by atoms with Gasteiger partial charge in [0.2, 0.25) is 5.95 Å². The lowest BCUT2D eigenvalue weighted by Gasteiger charge is -2.23. The molecule has 1 aliphatic rings. The molecule has 1 fully saturated rings. The van der Waals surface area contributed by atoms with E-state index in [4.69, 9.17) is 0 Å². The van der Waals surface area contributed by atoms with Crippen LogP contribution in [-0.4, -0.2) is 16.0 Å². The number of aryl methyl sites for hydroxylation is 1. The first-order valence-corrected chi connectivity index (χ1v) is 8.47. The van der Waals surface area contributed by atoms with E-state index >= 15 is 0 Å². The minimum Gasteiger partial charge on any atom is -0.367 e. The molecule has 2 N–H and O–H groups in total. The fourth-order valence-corrected chi connectivity index (χ4v) is 3.11. The fourth-order valence-electron chi connectivity index (χ4n) is 3.11. The molecule has 0 saturated heterocycles. The normalized spacial score (nSPS) is 15.8. The van der Waals surface area contributed by atoms with Crippen molar-refractivity contribution in [3.63, 3.8) is 0 Å². The van der Waals surface area contributed by atoms with E-state index in [0.717, 1.165) is 18.9 Å². The minimum absolute atomic E-state index is 0.0517. The van der Waals surface area contributed by atoms with Crippen LogP contribution in [0.5, 0.6) is 0 Å². The monoisotopic (exact) mass is 350 g/mol. The van der Waals surface area contributed by atoms with E-state index in [9.17, 15) is 13.2 Å². The van der Waals surface area contributed by atoms with Gasteiger partial charge in [-0.15, -0.1) is 0 Å². The van der Waals surface area contributed by atoms with Crippen molar-refractivity contribution in [1.29, 1.82) is 0 Å². The molecule has 7 heteroatoms. The predicted molar refractivity (Wildman–Crippen MR) is 92.0 cm³/mol. The zero-order valence-corrected chi connectivity index (χ0v) is 14.0. The summed E-state index contributed by atoms with van der Waals surface area (Å²) in [6, 6.07) is 7.51. The third kappa shape index (κ3) is 4.61. The third-order valence-electron chi connectivity index (χ3n) is 4.29. The number of benzene rings is 1. The molecule has 0 atom stereocenters. The summed E-state index contributed by atoms with van der Waals surface area (Å²) >= 11 is 0. The Labute approximate surface area is 144 Å². The average Bonchev–Trinajstić information content (AvgIpc) is 2.55. The molecule has 1 saturated carbocycles. The molecule has 0 aliphatic heterocycles. The molecule has 134 valence electrons. The number of nitrogens with zero attached hydrogens (tertiary/aromatic N) is 2. The molecule has 1 aromatic carbocycles. The van der Waals surface area contributed by atoms with Crippen LogP contribution in [-0.2, 0) is 6.18 Å². The quantitative estimate of drug-likeness (QED) is 0.786. The van der Waals surface area contributed by atoms with Gasteiger partial charge >= 0.3 is 6.18 Å². The highest BCUT2D eigenvalue weighted by Gasteiger charge is 2.33. The molecule has 1 aromatic heterocycles. The van der Waals surface area contributed by atoms with E-state index in [1.54, 1.807) is 13.0 Å². The summed E-state index contributed by atoms with van der Waals surface area (Å²) in [6.07, 6.45) is 1.36. The van der Waals surface area contributed by atoms with Gasteiger partial charge in [-0.25, -0.2) is 4.98 Å². The fraction of sp³-hybridized carbons (Fsp3) is 0.444. The van der Waals surface area contributed by atoms with Gasteiger partial charge in [-0.3, -0.25) is 0 Å². The predicted octanol–water partition coefficient (Wildman–Crippen LogP) is 5.29. The SMILES string of the molecule is Cc1cc(NC2CCCCC2)nc(Nc2ccccc2C(F)(F)F)n1. The van der Waals surface area contributed by atoms with Crippen LogP contribution in [0.25, 0.3) is 0 Å². The Balaban J connectivity index is 1.81. The van der Waals surface area contributed by atoms with Crippen molar-refractivity contribution in [2.24, 2.45) is 0 Å². The topological polar surface area (TPSA) is 49.8 Å². The maximum atomic E-state index is 13.1. The molecule has 0 amide bonds. The zero-order valence-electron chi connectivity index (χ0n) is 14.0. The van der Waals surface area contributed by atoms with Gasteiger partial charge in [-0.1, -0.05) is 31.4 Å². The zero-order chi connectivity index (χ0) is 17.9. The number of aromatic nitrogens is 2. The van der Waals surface area contributed by atoms with Crippen molar-refractivity contribution < 1.29 is 13.2 Å². The van der Waals surface area contributed by atoms with E-state index in [-0.39, 0.29) is 11.6 Å². The smallest absolute Gasteiger partial charge is 0.367 e. The molecule has 1 heterocycles. The highest BCUT2D eigenvalue weighted by molar-refractivity contribution is 5.60. The Morgan fingerprint density at radius 2 is 1.76 bits per heavy atom. The number of rotatable bonds is 4. The number of para-hydroxylation sites is 1. The van der Waals surface area contributed by atoms with Gasteiger partial charge < -0.3 is 10.6 Å². The number of halogens is 3. The van der Waals surface area contributed by atoms with E-state index in [2.05, 4.69) is 20.6 Å². The molecule has 0 unspecified atom stereocenters. The first-order valence-electron chi connectivity index (χ1n) is 8.47. The summed E-state index contributed by atoms with van der Waals surface area (Å²) < 4.78 is 39.4. The number of alkyl halides is 3. The van der Waals surface area contributed by atoms with Crippen molar-refractivity contribution in [2.75, 3.05) is 10.6 Å². The second-order valence-corrected chi connectivity index (χ2v) is 6.37. The molecule has 0 bridgehead atoms. The summed E-state index contributed by atoms with van der Waals surface area (Å²) in [5.74, 6) is 0.807. The van der Waals surface area contributed by atoms with E-state index in [1.165, 1.54) is 31.4 Å². The van der Waals surface area contributed by atoms with Crippen LogP contribution in [0.1, 0.15) is 43.4 Å². The van der Waals surface area contributed by atoms with Crippen molar-refractivity contribution in [2.45, 2.75) is 51.2 Å². The van der Waals surface area contributed by atoms with Crippen LogP contribution in [0.3, 0.4) is 0 Å². The summed E-state index contributed by atoms with van der Waals surface area (Å²) in [5, 5.41) is 6.09. The van der Waals surface area contributed by atoms with Gasteiger partial charge in [0.25, 0.3) is 0 Å². The standard InChI is InChI=1S/C18H21F3N4/c1-12-11-16(23-13-7-3-2-4-8-13)25-17(22-12)24-15-10-6-5-9-14(15)18(19,20)21/h5-6,9-11,13H,2-4,7-8H2,1H3,(H2,22,23,24,25). The first-order chi connectivity index (χ1) is 11.9. The Morgan fingerprint density at radius 1 is 1.04 bits per heavy atom. The highest BCUT2D eigenvalue weighted by Crippen LogP contribution is 2.35. The lowest BCUT2D eigenvalue weighted by Crippen LogP contribution is -2.23. The molecule has 1 aliphatic carbocycles. The first kappa shape index (κ1) is 17.5. The van der Waals surface area contributed by atoms with Crippen molar-refractivity contribution in [1.82, 2.24) is 9.97 Å². The average molecular weight is 350 g/mol. The van der Waals surface area contributed by atoms with Gasteiger partial charge in [0.1, 0.15) is 5.82 Å². The molecule has 0 spiro atoms. The number of hydrogen-bond donors (Lipinski definition) is 2. The van der Waals surface area contributed by atoms with Crippen LogP contribution in [0.4, 0.5) is 30.6 Å². The van der Waals surface area contributed by atoms with E-state index < -0.39 is 11.7 Å². The largest absolute Gasteiger partial charge is 0.418 e. The molecule has 0 radical (unpaired) electrons. The van der Waals surface area contributed by atoms with E-state index in [0.29, 0.717) is 17.6 Å². The number of anilines is 3. The van der Waals surface area contributed by atoms with Crippen LogP contribution >= 0.6 is 0 Å². The maximum Gasteiger partial charge on any atom is 0.418 e. The van der Waals surface area contributed by atoms with Crippen LogP contribution in [0.2, 0.25) is 0 Å². The number of hydrogen-bond acceptors (Lipinski definition) is 4. The minimum atomic E-state index is -4.43. The van der Waals surface area contributed by atoms with Gasteiger partial charge in [-0.05, 0) is 31.9 Å². The second-order valence-electron chi connectivity index (χ2n) is 6.37. The van der Waals surface area contributed by atoms with Gasteiger partial charge in [0.15, 0.2) is 0 Å². The van der Waals surface area contributed by atoms with E-state index in [1.807, 2.05) is 6.07 Å². The highest BCUT2D eigenvalue weighted by atomic mass is 19.4. The van der Waals surface area contributed by atoms with Crippen LogP contribution in [0.15, 0.2) is 30.3 Å². The molecular weight excluding hydrogens is 329 g/mol. The van der Waals surface area contributed by atoms with Crippen molar-refractivity contribution >= 4 is 17.5 Å². The van der Waals surface area contributed by atoms with Crippen LogP contribution < -0.4 is 10.6 Å². The molecule has 3 rings (SSSR count). The Kier molecular flexibility index (Phi) is 5.11. The summed E-state index contributed by atoms with van der Waals surface area (Å²) in [4.78, 5) is 8.56. The summed E-state index contributed by atoms with van der Waals surface area (Å²) in [5.41, 5.74) is -0.0913. The van der Waals surface area contributed by atoms with Crippen molar-refractivity contribution in [3.8, 4) is 0 Å². The second kappa shape index (κ2) is 7.29. The van der Waals surface area contributed by atoms with Gasteiger partial charge in [0.05, 0.1) is 11.3 Å². The van der Waals surface area contributed by atoms with Crippen molar-refractivity contribution in [3.05, 3.63) is 41.6 Å². The van der Waals surface area contributed by atoms with Crippen LogP contribution in [0, 0.1) is 6.92 Å². The Hall–Kier alpha value is -2.31. The maximum absolute atomic E-state index is 13.1. The Morgan fingerprint density at radius 3 is 2.48 bits per heavy atom. The molecule has 25 heavy (non-hydrogen) atoms. The molecule has 4 nitrogen and oxygen atoms in total. The summed E-state index contributed by atoms with van der Waals surface area (Å²) in [6.45, 7) is 1.80. The van der Waals surface area contributed by atoms with Gasteiger partial charge in [-0.2, -0.15) is 18.2 Å². The third-order valence-corrected chi connectivity index (χ3v) is 4.29. The summed E-state index contributed by atoms with van der Waals surface area (Å²) in [7, 11) is 0. The molecule has 2 aromatic rings. The van der Waals surface area contributed by atoms with Gasteiger partial charge in [0, 0.05) is 17.8 Å². The Bertz CT molecular complexity index is 725. The lowest BCUT2D eigenvalue weighted by atomic mass is 9.95. The number of nitrogens with one attached hydrogen (secondary N) is 2.